The van der Waals surface area contributed by atoms with Gasteiger partial charge in [-0.2, -0.15) is 0 Å². The van der Waals surface area contributed by atoms with E-state index in [0.29, 0.717) is 12.4 Å². The van der Waals surface area contributed by atoms with Crippen molar-refractivity contribution in [1.82, 2.24) is 4.90 Å². The number of amidine groups is 1. The fourth-order valence-electron chi connectivity index (χ4n) is 2.11. The highest BCUT2D eigenvalue weighted by Gasteiger charge is 2.41. The van der Waals surface area contributed by atoms with Gasteiger partial charge < -0.3 is 14.7 Å². The molecule has 2 atom stereocenters. The van der Waals surface area contributed by atoms with Gasteiger partial charge in [0, 0.05) is 6.20 Å². The van der Waals surface area contributed by atoms with E-state index in [1.807, 2.05) is 20.0 Å². The minimum atomic E-state index is -0.476. The average molecular weight is 236 g/mol. The van der Waals surface area contributed by atoms with Crippen LogP contribution in [0.15, 0.2) is 28.6 Å². The molecule has 1 N–H and O–H groups in total. The Morgan fingerprint density at radius 2 is 2.35 bits per heavy atom. The van der Waals surface area contributed by atoms with Gasteiger partial charge in [-0.05, 0) is 32.4 Å². The monoisotopic (exact) mass is 236 g/mol. The van der Waals surface area contributed by atoms with Crippen molar-refractivity contribution in [2.24, 2.45) is 4.99 Å². The van der Waals surface area contributed by atoms with Crippen LogP contribution in [0.25, 0.3) is 0 Å². The molecule has 17 heavy (non-hydrogen) atoms. The first kappa shape index (κ1) is 11.7. The van der Waals surface area contributed by atoms with Crippen molar-refractivity contribution in [2.45, 2.75) is 32.9 Å². The quantitative estimate of drug-likeness (QED) is 0.736. The summed E-state index contributed by atoms with van der Waals surface area (Å²) < 4.78 is 5.03. The van der Waals surface area contributed by atoms with Crippen LogP contribution >= 0.6 is 0 Å². The zero-order valence-electron chi connectivity index (χ0n) is 10.2. The van der Waals surface area contributed by atoms with E-state index in [9.17, 15) is 9.90 Å². The maximum Gasteiger partial charge on any atom is 0.331 e. The molecule has 2 aliphatic rings. The maximum absolute atomic E-state index is 11.9. The van der Waals surface area contributed by atoms with Crippen molar-refractivity contribution >= 4 is 11.8 Å². The van der Waals surface area contributed by atoms with Gasteiger partial charge in [0.2, 0.25) is 0 Å². The summed E-state index contributed by atoms with van der Waals surface area (Å²) in [6.07, 6.45) is 3.44. The van der Waals surface area contributed by atoms with E-state index in [-0.39, 0.29) is 17.8 Å². The van der Waals surface area contributed by atoms with Gasteiger partial charge in [-0.3, -0.25) is 4.99 Å². The Balaban J connectivity index is 2.29. The normalized spacial score (nSPS) is 27.0. The summed E-state index contributed by atoms with van der Waals surface area (Å²) in [7, 11) is 0. The number of aliphatic imine (C=N–C) groups is 1. The van der Waals surface area contributed by atoms with Crippen LogP contribution in [-0.2, 0) is 9.53 Å². The van der Waals surface area contributed by atoms with Gasteiger partial charge in [0.1, 0.15) is 0 Å². The van der Waals surface area contributed by atoms with Gasteiger partial charge in [-0.15, -0.1) is 0 Å². The first-order valence-electron chi connectivity index (χ1n) is 5.66. The molecule has 0 amide bonds. The van der Waals surface area contributed by atoms with E-state index >= 15 is 0 Å². The number of hydrogen-bond acceptors (Lipinski definition) is 5. The molecule has 0 aromatic heterocycles. The molecule has 5 heteroatoms. The summed E-state index contributed by atoms with van der Waals surface area (Å²) in [4.78, 5) is 17.8. The summed E-state index contributed by atoms with van der Waals surface area (Å²) in [6, 6.07) is -0.697. The maximum atomic E-state index is 11.9. The summed E-state index contributed by atoms with van der Waals surface area (Å²) in [5, 5.41) is 9.79. The van der Waals surface area contributed by atoms with Gasteiger partial charge in [0.25, 0.3) is 0 Å². The molecule has 0 spiro atoms. The second-order valence-corrected chi connectivity index (χ2v) is 4.20. The Kier molecular flexibility index (Phi) is 2.92. The average Bonchev–Trinajstić information content (AvgIpc) is 2.55. The first-order valence-corrected chi connectivity index (χ1v) is 5.66. The Morgan fingerprint density at radius 3 is 3.00 bits per heavy atom. The summed E-state index contributed by atoms with van der Waals surface area (Å²) in [5.74, 6) is 0.238. The minimum absolute atomic E-state index is 0.101. The molecular weight excluding hydrogens is 220 g/mol. The van der Waals surface area contributed by atoms with Crippen molar-refractivity contribution < 1.29 is 14.6 Å². The highest BCUT2D eigenvalue weighted by molar-refractivity contribution is 6.03. The standard InChI is InChI=1S/C12H16N2O3/c1-4-17-12(16)10-8(3)13-11-9(15)5-7(2)6-14(10)11/h5-6,8,10,15H,4H2,1-3H3. The molecule has 2 heterocycles. The van der Waals surface area contributed by atoms with Gasteiger partial charge in [-0.25, -0.2) is 4.79 Å². The van der Waals surface area contributed by atoms with E-state index in [1.54, 1.807) is 17.9 Å². The van der Waals surface area contributed by atoms with Crippen LogP contribution in [0.2, 0.25) is 0 Å². The van der Waals surface area contributed by atoms with E-state index < -0.39 is 6.04 Å². The highest BCUT2D eigenvalue weighted by atomic mass is 16.5. The van der Waals surface area contributed by atoms with E-state index in [4.69, 9.17) is 4.74 Å². The third kappa shape index (κ3) is 1.92. The lowest BCUT2D eigenvalue weighted by atomic mass is 10.1. The number of carbonyl (C=O) groups is 1. The zero-order valence-corrected chi connectivity index (χ0v) is 10.2. The second kappa shape index (κ2) is 4.24. The van der Waals surface area contributed by atoms with Crippen molar-refractivity contribution in [1.29, 1.82) is 0 Å². The van der Waals surface area contributed by atoms with Gasteiger partial charge in [0.05, 0.1) is 12.6 Å². The second-order valence-electron chi connectivity index (χ2n) is 4.20. The predicted octanol–water partition coefficient (Wildman–Crippen LogP) is 1.38. The molecule has 2 rings (SSSR count). The fourth-order valence-corrected chi connectivity index (χ4v) is 2.11. The van der Waals surface area contributed by atoms with Crippen molar-refractivity contribution in [3.8, 4) is 0 Å². The number of nitrogens with zero attached hydrogens (tertiary/aromatic N) is 2. The lowest BCUT2D eigenvalue weighted by Gasteiger charge is -2.26. The van der Waals surface area contributed by atoms with Crippen molar-refractivity contribution in [3.05, 3.63) is 23.6 Å². The number of allylic oxidation sites excluding steroid dienone is 2. The van der Waals surface area contributed by atoms with Crippen LogP contribution in [0.1, 0.15) is 20.8 Å². The third-order valence-electron chi connectivity index (χ3n) is 2.79. The van der Waals surface area contributed by atoms with Crippen LogP contribution < -0.4 is 0 Å². The summed E-state index contributed by atoms with van der Waals surface area (Å²) in [6.45, 7) is 5.81. The molecule has 0 aromatic carbocycles. The summed E-state index contributed by atoms with van der Waals surface area (Å²) >= 11 is 0. The molecule has 5 nitrogen and oxygen atoms in total. The number of rotatable bonds is 2. The van der Waals surface area contributed by atoms with Gasteiger partial charge in [-0.1, -0.05) is 0 Å². The number of aliphatic hydroxyl groups excluding tert-OH is 1. The molecule has 2 unspecified atom stereocenters. The molecule has 0 aliphatic carbocycles. The van der Waals surface area contributed by atoms with E-state index in [0.717, 1.165) is 5.57 Å². The van der Waals surface area contributed by atoms with E-state index in [1.165, 1.54) is 0 Å². The Labute approximate surface area is 100 Å². The van der Waals surface area contributed by atoms with Crippen LogP contribution in [0.4, 0.5) is 0 Å². The highest BCUT2D eigenvalue weighted by Crippen LogP contribution is 2.26. The van der Waals surface area contributed by atoms with Gasteiger partial charge in [0.15, 0.2) is 17.6 Å². The number of hydrogen-bond donors (Lipinski definition) is 1. The lowest BCUT2D eigenvalue weighted by molar-refractivity contribution is -0.147. The number of esters is 1. The molecule has 0 aromatic rings. The number of fused-ring (bicyclic) bond motifs is 1. The molecule has 0 fully saturated rings. The molecular formula is C12H16N2O3. The van der Waals surface area contributed by atoms with Crippen LogP contribution in [-0.4, -0.2) is 40.5 Å². The number of carbonyl (C=O) groups excluding carboxylic acids is 1. The van der Waals surface area contributed by atoms with Crippen LogP contribution in [0.5, 0.6) is 0 Å². The Hall–Kier alpha value is -1.78. The lowest BCUT2D eigenvalue weighted by Crippen LogP contribution is -2.43. The van der Waals surface area contributed by atoms with Crippen LogP contribution in [0, 0.1) is 0 Å². The molecule has 0 bridgehead atoms. The third-order valence-corrected chi connectivity index (χ3v) is 2.79. The fraction of sp³-hybridized carbons (Fsp3) is 0.500. The van der Waals surface area contributed by atoms with Crippen molar-refractivity contribution in [2.75, 3.05) is 6.61 Å². The predicted molar refractivity (Wildman–Crippen MR) is 63.6 cm³/mol. The topological polar surface area (TPSA) is 62.1 Å². The van der Waals surface area contributed by atoms with E-state index in [2.05, 4.69) is 4.99 Å². The largest absolute Gasteiger partial charge is 0.504 e. The zero-order chi connectivity index (χ0) is 12.6. The minimum Gasteiger partial charge on any atom is -0.504 e. The number of aliphatic hydroxyl groups is 1. The van der Waals surface area contributed by atoms with Crippen LogP contribution in [0.3, 0.4) is 0 Å². The van der Waals surface area contributed by atoms with Crippen molar-refractivity contribution in [3.63, 3.8) is 0 Å². The first-order chi connectivity index (χ1) is 8.04. The SMILES string of the molecule is CCOC(=O)C1C(C)N=C2C(O)=CC(C)=CN21. The Bertz CT molecular complexity index is 437. The molecule has 0 saturated carbocycles. The van der Waals surface area contributed by atoms with Gasteiger partial charge >= 0.3 is 5.97 Å². The molecule has 0 radical (unpaired) electrons. The molecule has 92 valence electrons. The molecule has 2 aliphatic heterocycles. The Morgan fingerprint density at radius 1 is 1.65 bits per heavy atom. The number of ether oxygens (including phenoxy) is 1. The molecule has 0 saturated heterocycles. The summed E-state index contributed by atoms with van der Waals surface area (Å²) in [5.41, 5.74) is 0.879. The smallest absolute Gasteiger partial charge is 0.331 e.